The number of rotatable bonds is 35. The van der Waals surface area contributed by atoms with Gasteiger partial charge in [-0.1, -0.05) is 131 Å². The quantitative estimate of drug-likeness (QED) is 0.0286. The Kier molecular flexibility index (Phi) is 36.4. The molecule has 0 aromatic carbocycles. The number of amides is 2. The second-order valence-corrected chi connectivity index (χ2v) is 13.3. The molecule has 2 atom stereocenters. The zero-order chi connectivity index (χ0) is 40.5. The highest BCUT2D eigenvalue weighted by molar-refractivity contribution is 5.87. The molecule has 4 N–H and O–H groups in total. The number of carbonyl (C=O) groups excluding carboxylic acids is 3. The molecule has 308 valence electrons. The van der Waals surface area contributed by atoms with Crippen molar-refractivity contribution in [3.05, 3.63) is 97.2 Å². The fourth-order valence-corrected chi connectivity index (χ4v) is 5.12. The second kappa shape index (κ2) is 39.5. The Hall–Kier alpha value is -4.24. The summed E-state index contributed by atoms with van der Waals surface area (Å²) in [5.41, 5.74) is 0. The van der Waals surface area contributed by atoms with Gasteiger partial charge < -0.3 is 25.6 Å². The van der Waals surface area contributed by atoms with Crippen molar-refractivity contribution in [3.63, 3.8) is 0 Å². The van der Waals surface area contributed by atoms with Crippen LogP contribution in [-0.2, 0) is 23.9 Å². The van der Waals surface area contributed by atoms with Crippen molar-refractivity contribution in [2.45, 2.75) is 154 Å². The average molecular weight is 765 g/mol. The van der Waals surface area contributed by atoms with Crippen LogP contribution >= 0.6 is 0 Å². The number of aliphatic hydroxyl groups excluding tert-OH is 1. The first kappa shape index (κ1) is 50.8. The first-order chi connectivity index (χ1) is 26.8. The molecule has 0 bridgehead atoms. The number of hydrogen-bond acceptors (Lipinski definition) is 6. The van der Waals surface area contributed by atoms with Gasteiger partial charge in [0.1, 0.15) is 12.1 Å². The smallest absolute Gasteiger partial charge is 0.328 e. The van der Waals surface area contributed by atoms with Crippen LogP contribution in [0.2, 0.25) is 0 Å². The molecule has 0 saturated carbocycles. The van der Waals surface area contributed by atoms with E-state index >= 15 is 0 Å². The molecule has 0 spiro atoms. The maximum absolute atomic E-state index is 12.7. The molecule has 0 aliphatic rings. The van der Waals surface area contributed by atoms with Gasteiger partial charge in [-0.2, -0.15) is 0 Å². The van der Waals surface area contributed by atoms with Crippen LogP contribution in [0, 0.1) is 0 Å². The van der Waals surface area contributed by atoms with Crippen LogP contribution in [0.5, 0.6) is 0 Å². The molecule has 0 radical (unpaired) electrons. The monoisotopic (exact) mass is 765 g/mol. The van der Waals surface area contributed by atoms with Gasteiger partial charge in [0.15, 0.2) is 0 Å². The van der Waals surface area contributed by atoms with Crippen LogP contribution in [0.15, 0.2) is 97.2 Å². The van der Waals surface area contributed by atoms with E-state index in [-0.39, 0.29) is 30.9 Å². The van der Waals surface area contributed by atoms with Crippen LogP contribution in [0.4, 0.5) is 0 Å². The molecule has 0 rings (SSSR count). The predicted octanol–water partition coefficient (Wildman–Crippen LogP) is 9.87. The first-order valence-corrected chi connectivity index (χ1v) is 20.6. The normalized spacial score (nSPS) is 13.5. The predicted molar refractivity (Wildman–Crippen MR) is 226 cm³/mol. The Morgan fingerprint density at radius 1 is 0.582 bits per heavy atom. The summed E-state index contributed by atoms with van der Waals surface area (Å²) in [7, 11) is 0. The van der Waals surface area contributed by atoms with Crippen LogP contribution < -0.4 is 10.6 Å². The van der Waals surface area contributed by atoms with Gasteiger partial charge in [-0.05, 0) is 96.0 Å². The van der Waals surface area contributed by atoms with E-state index in [0.29, 0.717) is 19.3 Å². The van der Waals surface area contributed by atoms with Crippen molar-refractivity contribution in [1.29, 1.82) is 0 Å². The number of ether oxygens (including phenoxy) is 1. The van der Waals surface area contributed by atoms with Crippen LogP contribution in [0.1, 0.15) is 142 Å². The Bertz CT molecular complexity index is 1240. The van der Waals surface area contributed by atoms with Crippen LogP contribution in [0.25, 0.3) is 0 Å². The van der Waals surface area contributed by atoms with Crippen LogP contribution in [-0.4, -0.2) is 59.3 Å². The molecular weight excluding hydrogens is 693 g/mol. The number of hydrogen-bond donors (Lipinski definition) is 4. The maximum atomic E-state index is 12.7. The van der Waals surface area contributed by atoms with E-state index in [9.17, 15) is 19.2 Å². The maximum Gasteiger partial charge on any atom is 0.328 e. The van der Waals surface area contributed by atoms with Crippen molar-refractivity contribution < 1.29 is 34.1 Å². The molecule has 0 aromatic rings. The second-order valence-electron chi connectivity index (χ2n) is 13.3. The van der Waals surface area contributed by atoms with Crippen molar-refractivity contribution in [2.24, 2.45) is 0 Å². The van der Waals surface area contributed by atoms with Gasteiger partial charge in [-0.15, -0.1) is 0 Å². The number of carboxylic acid groups (broad SMARTS) is 1. The van der Waals surface area contributed by atoms with Gasteiger partial charge in [-0.25, -0.2) is 4.79 Å². The summed E-state index contributed by atoms with van der Waals surface area (Å²) in [6, 6.07) is -1.40. The van der Waals surface area contributed by atoms with Crippen molar-refractivity contribution >= 4 is 23.8 Å². The largest absolute Gasteiger partial charge is 0.480 e. The van der Waals surface area contributed by atoms with Gasteiger partial charge in [0.25, 0.3) is 0 Å². The molecule has 0 aromatic heterocycles. The Morgan fingerprint density at radius 2 is 1.09 bits per heavy atom. The molecule has 0 saturated heterocycles. The van der Waals surface area contributed by atoms with Gasteiger partial charge in [0, 0.05) is 12.8 Å². The number of aliphatic hydroxyl groups is 1. The summed E-state index contributed by atoms with van der Waals surface area (Å²) < 4.78 is 5.84. The topological polar surface area (TPSA) is 142 Å². The molecule has 0 aliphatic heterocycles. The van der Waals surface area contributed by atoms with Crippen LogP contribution in [0.3, 0.4) is 0 Å². The number of unbranched alkanes of at least 4 members (excludes halogenated alkanes) is 7. The number of esters is 1. The summed E-state index contributed by atoms with van der Waals surface area (Å²) in [6.45, 7) is 3.24. The molecule has 2 amide bonds. The summed E-state index contributed by atoms with van der Waals surface area (Å²) >= 11 is 0. The van der Waals surface area contributed by atoms with E-state index in [1.165, 1.54) is 12.8 Å². The third kappa shape index (κ3) is 36.5. The third-order valence-electron chi connectivity index (χ3n) is 8.30. The lowest BCUT2D eigenvalue weighted by Gasteiger charge is -2.14. The SMILES string of the molecule is CC/C=C\C/C=C\C/C=C\C/C=C\C/C=C\C/C=C\CCCCC(=O)OC(/C=C\C/C=C\CCCC)CCCCCCC(=O)NCC(=O)NC(CO)C(=O)O. The molecule has 55 heavy (non-hydrogen) atoms. The lowest BCUT2D eigenvalue weighted by atomic mass is 10.1. The van der Waals surface area contributed by atoms with Gasteiger partial charge in [-0.3, -0.25) is 14.4 Å². The van der Waals surface area contributed by atoms with E-state index < -0.39 is 24.5 Å². The summed E-state index contributed by atoms with van der Waals surface area (Å²) in [4.78, 5) is 47.4. The standard InChI is InChI=1S/C46H72N2O7/c1-3-5-7-9-11-12-13-14-15-16-17-18-19-20-21-22-23-24-26-28-34-38-45(52)55-41(35-31-27-25-10-8-6-4-2)36-32-29-30-33-37-43(50)47-39-44(51)48-42(40-49)46(53)54/h5,7,10-12,14-15,17-18,20-21,23-25,31,35,41-42,49H,3-4,6,8-9,13,16,19,22,26-30,32-34,36-40H2,1-2H3,(H,47,50)(H,48,51)(H,53,54)/b7-5-,12-11-,15-14-,18-17-,21-20-,24-23-,25-10-,35-31-. The van der Waals surface area contributed by atoms with Gasteiger partial charge in [0.2, 0.25) is 11.8 Å². The molecule has 0 fully saturated rings. The summed E-state index contributed by atoms with van der Waals surface area (Å²) in [5.74, 6) is -2.50. The third-order valence-corrected chi connectivity index (χ3v) is 8.30. The van der Waals surface area contributed by atoms with Crippen molar-refractivity contribution in [1.82, 2.24) is 10.6 Å². The van der Waals surface area contributed by atoms with E-state index in [1.807, 2.05) is 6.08 Å². The Labute approximate surface area is 332 Å². The van der Waals surface area contributed by atoms with E-state index in [1.54, 1.807) is 0 Å². The van der Waals surface area contributed by atoms with E-state index in [4.69, 9.17) is 14.9 Å². The Morgan fingerprint density at radius 3 is 1.64 bits per heavy atom. The minimum Gasteiger partial charge on any atom is -0.480 e. The minimum atomic E-state index is -1.40. The number of nitrogens with one attached hydrogen (secondary N) is 2. The van der Waals surface area contributed by atoms with E-state index in [0.717, 1.165) is 89.9 Å². The molecule has 0 aliphatic carbocycles. The fraction of sp³-hybridized carbons (Fsp3) is 0.565. The summed E-state index contributed by atoms with van der Waals surface area (Å²) in [5, 5.41) is 22.5. The molecule has 9 heteroatoms. The zero-order valence-corrected chi connectivity index (χ0v) is 33.9. The number of allylic oxidation sites excluding steroid dienone is 15. The molecule has 0 heterocycles. The molecular formula is C46H72N2O7. The zero-order valence-electron chi connectivity index (χ0n) is 33.9. The molecule has 9 nitrogen and oxygen atoms in total. The first-order valence-electron chi connectivity index (χ1n) is 20.6. The number of aliphatic carboxylic acids is 1. The lowest BCUT2D eigenvalue weighted by Crippen LogP contribution is -2.47. The van der Waals surface area contributed by atoms with Gasteiger partial charge in [0.05, 0.1) is 13.2 Å². The summed E-state index contributed by atoms with van der Waals surface area (Å²) in [6.07, 6.45) is 51.7. The number of carboxylic acids is 1. The highest BCUT2D eigenvalue weighted by Crippen LogP contribution is 2.14. The van der Waals surface area contributed by atoms with Gasteiger partial charge >= 0.3 is 11.9 Å². The average Bonchev–Trinajstić information content (AvgIpc) is 3.17. The highest BCUT2D eigenvalue weighted by Gasteiger charge is 2.18. The minimum absolute atomic E-state index is 0.176. The Balaban J connectivity index is 4.33. The fourth-order valence-electron chi connectivity index (χ4n) is 5.12. The highest BCUT2D eigenvalue weighted by atomic mass is 16.5. The number of carbonyl (C=O) groups is 4. The molecule has 2 unspecified atom stereocenters. The van der Waals surface area contributed by atoms with E-state index in [2.05, 4.69) is 116 Å². The lowest BCUT2D eigenvalue weighted by molar-refractivity contribution is -0.147. The van der Waals surface area contributed by atoms with Crippen molar-refractivity contribution in [3.8, 4) is 0 Å². The van der Waals surface area contributed by atoms with Crippen molar-refractivity contribution in [2.75, 3.05) is 13.2 Å².